The molecule has 0 amide bonds. The minimum absolute atomic E-state index is 0.0189. The van der Waals surface area contributed by atoms with Crippen LogP contribution in [-0.4, -0.2) is 83.8 Å². The molecule has 0 aromatic heterocycles. The van der Waals surface area contributed by atoms with E-state index < -0.39 is 23.9 Å². The lowest BCUT2D eigenvalue weighted by Crippen LogP contribution is -2.01. The second kappa shape index (κ2) is 30.0. The lowest BCUT2D eigenvalue weighted by atomic mass is 10.1. The van der Waals surface area contributed by atoms with Crippen LogP contribution in [0.25, 0.3) is 10.8 Å². The molecule has 0 aliphatic heterocycles. The van der Waals surface area contributed by atoms with Crippen molar-refractivity contribution in [3.05, 3.63) is 95.6 Å². The van der Waals surface area contributed by atoms with Crippen LogP contribution >= 0.6 is 0 Å². The van der Waals surface area contributed by atoms with Crippen molar-refractivity contribution >= 4 is 41.1 Å². The number of carboxylic acids is 4. The molecule has 0 fully saturated rings. The summed E-state index contributed by atoms with van der Waals surface area (Å²) >= 11 is 0. The number of aliphatic carboxylic acids is 1. The third kappa shape index (κ3) is 21.8. The second-order valence-electron chi connectivity index (χ2n) is 12.4. The van der Waals surface area contributed by atoms with Crippen molar-refractivity contribution in [1.82, 2.24) is 0 Å². The molecule has 0 saturated carbocycles. The Balaban J connectivity index is 0.000000391. The molecule has 4 N–H and O–H groups in total. The van der Waals surface area contributed by atoms with Gasteiger partial charge in [0.25, 0.3) is 6.47 Å². The molecule has 4 rings (SSSR count). The molecule has 4 aromatic carbocycles. The van der Waals surface area contributed by atoms with E-state index in [1.54, 1.807) is 30.3 Å². The topological polar surface area (TPSA) is 212 Å². The third-order valence-electron chi connectivity index (χ3n) is 7.42. The fourth-order valence-electron chi connectivity index (χ4n) is 4.61. The van der Waals surface area contributed by atoms with Crippen LogP contribution in [0.3, 0.4) is 0 Å². The van der Waals surface area contributed by atoms with Gasteiger partial charge in [-0.05, 0) is 110 Å². The van der Waals surface area contributed by atoms with Crippen LogP contribution in [0, 0.1) is 0 Å². The normalized spacial score (nSPS) is 9.93. The van der Waals surface area contributed by atoms with E-state index in [9.17, 15) is 24.0 Å². The van der Waals surface area contributed by atoms with Gasteiger partial charge >= 0.3 is 23.9 Å². The van der Waals surface area contributed by atoms with E-state index in [1.807, 2.05) is 32.0 Å². The highest BCUT2D eigenvalue weighted by molar-refractivity contribution is 5.94. The molecule has 14 heteroatoms. The Labute approximate surface area is 339 Å². The summed E-state index contributed by atoms with van der Waals surface area (Å²) in [5.41, 5.74) is 0.606. The number of carboxylic acid groups (broad SMARTS) is 4. The van der Waals surface area contributed by atoms with Crippen molar-refractivity contribution in [3.63, 3.8) is 0 Å². The molecule has 316 valence electrons. The monoisotopic (exact) mass is 808 g/mol. The standard InChI is InChI=1S/C14H14O3.C11H12O5.C10H12O3.C9H18O3/c1-2-7-17-13-6-5-10-8-12(14(15)16)4-3-11(10)9-13;1-2-3-15-9-4-8(11(13)14)5-10(6-9)16-7-12;1-2-7-13-9-5-3-8(4-6-9)10(11)12;1-2-7-12-8-5-3-4-6-9(10)11/h3-6,8-9H,2,7H2,1H3,(H,15,16);4-7H,2-3H2,1H3,(H,13,14);3-6H,2,7H2,1H3,(H,11,12);2-8H2,1H3,(H,10,11). The number of hydrogen-bond donors (Lipinski definition) is 4. The van der Waals surface area contributed by atoms with Crippen molar-refractivity contribution in [2.45, 2.75) is 79.1 Å². The number of carbonyl (C=O) groups excluding carboxylic acids is 1. The maximum Gasteiger partial charge on any atom is 0.335 e. The SMILES string of the molecule is CCCOCCCCCC(=O)O.CCCOc1cc(OC=O)cc(C(=O)O)c1.CCCOc1ccc(C(=O)O)cc1.CCCOc1ccc2cc(C(=O)O)ccc2c1. The summed E-state index contributed by atoms with van der Waals surface area (Å²) in [5, 5.41) is 36.6. The number of unbranched alkanes of at least 4 members (excludes halogenated alkanes) is 2. The van der Waals surface area contributed by atoms with E-state index in [4.69, 9.17) is 39.4 Å². The summed E-state index contributed by atoms with van der Waals surface area (Å²) in [5.74, 6) is -1.56. The molecule has 0 aliphatic rings. The molecular formula is C44H56O14. The lowest BCUT2D eigenvalue weighted by molar-refractivity contribution is -0.137. The smallest absolute Gasteiger partial charge is 0.335 e. The number of benzene rings is 4. The molecule has 0 saturated heterocycles. The van der Waals surface area contributed by atoms with Gasteiger partial charge < -0.3 is 44.1 Å². The lowest BCUT2D eigenvalue weighted by Gasteiger charge is -2.07. The van der Waals surface area contributed by atoms with Crippen molar-refractivity contribution in [3.8, 4) is 23.0 Å². The Morgan fingerprint density at radius 1 is 0.483 bits per heavy atom. The highest BCUT2D eigenvalue weighted by atomic mass is 16.5. The van der Waals surface area contributed by atoms with Crippen LogP contribution in [0.5, 0.6) is 23.0 Å². The zero-order valence-corrected chi connectivity index (χ0v) is 33.6. The third-order valence-corrected chi connectivity index (χ3v) is 7.42. The van der Waals surface area contributed by atoms with Crippen LogP contribution in [0.1, 0.15) is 110 Å². The highest BCUT2D eigenvalue weighted by Crippen LogP contribution is 2.24. The van der Waals surface area contributed by atoms with E-state index in [-0.39, 0.29) is 29.8 Å². The van der Waals surface area contributed by atoms with Gasteiger partial charge in [-0.3, -0.25) is 9.59 Å². The van der Waals surface area contributed by atoms with Gasteiger partial charge in [-0.25, -0.2) is 14.4 Å². The van der Waals surface area contributed by atoms with Gasteiger partial charge in [0.15, 0.2) is 0 Å². The van der Waals surface area contributed by atoms with Crippen LogP contribution < -0.4 is 18.9 Å². The summed E-state index contributed by atoms with van der Waals surface area (Å²) in [6.45, 7) is 11.7. The van der Waals surface area contributed by atoms with E-state index in [2.05, 4.69) is 18.6 Å². The quantitative estimate of drug-likeness (QED) is 0.0430. The van der Waals surface area contributed by atoms with E-state index in [1.165, 1.54) is 30.3 Å². The van der Waals surface area contributed by atoms with Gasteiger partial charge in [-0.2, -0.15) is 0 Å². The Hall–Kier alpha value is -6.15. The highest BCUT2D eigenvalue weighted by Gasteiger charge is 2.09. The number of hydrogen-bond acceptors (Lipinski definition) is 10. The van der Waals surface area contributed by atoms with Crippen LogP contribution in [0.15, 0.2) is 78.9 Å². The molecule has 0 heterocycles. The number of fused-ring (bicyclic) bond motifs is 1. The Morgan fingerprint density at radius 3 is 1.53 bits per heavy atom. The largest absolute Gasteiger partial charge is 0.494 e. The zero-order valence-electron chi connectivity index (χ0n) is 33.6. The minimum atomic E-state index is -1.10. The molecule has 0 aliphatic carbocycles. The molecule has 0 radical (unpaired) electrons. The van der Waals surface area contributed by atoms with Gasteiger partial charge in [0.05, 0.1) is 36.5 Å². The van der Waals surface area contributed by atoms with Crippen molar-refractivity contribution in [2.75, 3.05) is 33.0 Å². The Kier molecular flexibility index (Phi) is 25.8. The maximum absolute atomic E-state index is 10.8. The fraction of sp³-hybridized carbons (Fsp3) is 0.386. The summed E-state index contributed by atoms with van der Waals surface area (Å²) in [4.78, 5) is 52.4. The van der Waals surface area contributed by atoms with Crippen molar-refractivity contribution in [2.24, 2.45) is 0 Å². The summed E-state index contributed by atoms with van der Waals surface area (Å²) in [6.07, 6.45) is 6.76. The van der Waals surface area contributed by atoms with Crippen molar-refractivity contribution < 1.29 is 68.1 Å². The summed E-state index contributed by atoms with van der Waals surface area (Å²) in [6, 6.07) is 21.3. The summed E-state index contributed by atoms with van der Waals surface area (Å²) in [7, 11) is 0. The molecule has 14 nitrogen and oxygen atoms in total. The molecular weight excluding hydrogens is 752 g/mol. The van der Waals surface area contributed by atoms with Crippen LogP contribution in [0.2, 0.25) is 0 Å². The predicted octanol–water partition coefficient (Wildman–Crippen LogP) is 9.27. The van der Waals surface area contributed by atoms with Gasteiger partial charge in [0.1, 0.15) is 23.0 Å². The molecule has 4 aromatic rings. The fourth-order valence-corrected chi connectivity index (χ4v) is 4.61. The Morgan fingerprint density at radius 2 is 0.983 bits per heavy atom. The number of carbonyl (C=O) groups is 5. The van der Waals surface area contributed by atoms with Crippen LogP contribution in [0.4, 0.5) is 0 Å². The predicted molar refractivity (Wildman–Crippen MR) is 219 cm³/mol. The molecule has 0 spiro atoms. The van der Waals surface area contributed by atoms with Gasteiger partial charge in [0, 0.05) is 25.7 Å². The van der Waals surface area contributed by atoms with Crippen LogP contribution in [-0.2, 0) is 14.3 Å². The average Bonchev–Trinajstić information content (AvgIpc) is 3.21. The van der Waals surface area contributed by atoms with Gasteiger partial charge in [-0.15, -0.1) is 0 Å². The molecule has 0 unspecified atom stereocenters. The summed E-state index contributed by atoms with van der Waals surface area (Å²) < 4.78 is 25.9. The maximum atomic E-state index is 10.8. The van der Waals surface area contributed by atoms with Gasteiger partial charge in [-0.1, -0.05) is 46.2 Å². The molecule has 58 heavy (non-hydrogen) atoms. The number of ether oxygens (including phenoxy) is 5. The molecule has 0 atom stereocenters. The number of aromatic carboxylic acids is 3. The number of rotatable bonds is 22. The van der Waals surface area contributed by atoms with Gasteiger partial charge in [0.2, 0.25) is 0 Å². The Bertz CT molecular complexity index is 1820. The van der Waals surface area contributed by atoms with Crippen molar-refractivity contribution in [1.29, 1.82) is 0 Å². The first-order valence-electron chi connectivity index (χ1n) is 19.2. The molecule has 0 bridgehead atoms. The second-order valence-corrected chi connectivity index (χ2v) is 12.4. The first-order chi connectivity index (χ1) is 27.9. The van der Waals surface area contributed by atoms with E-state index >= 15 is 0 Å². The van der Waals surface area contributed by atoms with E-state index in [0.29, 0.717) is 36.9 Å². The zero-order chi connectivity index (χ0) is 43.1. The van der Waals surface area contributed by atoms with E-state index in [0.717, 1.165) is 74.7 Å². The first-order valence-corrected chi connectivity index (χ1v) is 19.2. The minimum Gasteiger partial charge on any atom is -0.494 e. The average molecular weight is 809 g/mol. The first kappa shape index (κ1) is 49.9.